The minimum atomic E-state index is 0.450. The molecule has 0 bridgehead atoms. The maximum Gasteiger partial charge on any atom is 0.176 e. The van der Waals surface area contributed by atoms with Gasteiger partial charge in [-0.1, -0.05) is 11.6 Å². The molecule has 3 nitrogen and oxygen atoms in total. The van der Waals surface area contributed by atoms with Gasteiger partial charge < -0.3 is 4.74 Å². The molecule has 1 aromatic heterocycles. The van der Waals surface area contributed by atoms with Gasteiger partial charge in [0.05, 0.1) is 6.20 Å². The molecule has 1 rings (SSSR count). The number of aromatic nitrogens is 1. The standard InChI is InChI=1S/C7H7ClN2O/c1-9-5-11-6-2-3-7(8)10-4-6/h2-5H,1H3. The Hall–Kier alpha value is -1.09. The summed E-state index contributed by atoms with van der Waals surface area (Å²) in [6, 6.07) is 3.37. The number of rotatable bonds is 2. The number of nitrogens with zero attached hydrogens (tertiary/aromatic N) is 2. The number of halogens is 1. The quantitative estimate of drug-likeness (QED) is 0.385. The van der Waals surface area contributed by atoms with Gasteiger partial charge in [0, 0.05) is 7.05 Å². The molecule has 0 fully saturated rings. The van der Waals surface area contributed by atoms with Crippen LogP contribution in [0.4, 0.5) is 0 Å². The van der Waals surface area contributed by atoms with E-state index in [4.69, 9.17) is 16.3 Å². The lowest BCUT2D eigenvalue weighted by Gasteiger charge is -1.96. The first kappa shape index (κ1) is 8.01. The normalized spacial score (nSPS) is 10.4. The van der Waals surface area contributed by atoms with Gasteiger partial charge in [-0.05, 0) is 12.1 Å². The minimum Gasteiger partial charge on any atom is -0.445 e. The van der Waals surface area contributed by atoms with Crippen molar-refractivity contribution in [1.29, 1.82) is 0 Å². The van der Waals surface area contributed by atoms with E-state index in [0.29, 0.717) is 10.9 Å². The van der Waals surface area contributed by atoms with Gasteiger partial charge in [-0.2, -0.15) is 0 Å². The molecule has 0 amide bonds. The van der Waals surface area contributed by atoms with Crippen molar-refractivity contribution in [3.63, 3.8) is 0 Å². The number of hydrogen-bond donors (Lipinski definition) is 0. The van der Waals surface area contributed by atoms with Crippen LogP contribution in [0.5, 0.6) is 5.75 Å². The van der Waals surface area contributed by atoms with Crippen LogP contribution in [0.2, 0.25) is 5.15 Å². The van der Waals surface area contributed by atoms with Crippen LogP contribution >= 0.6 is 11.6 Å². The first-order chi connectivity index (χ1) is 5.33. The predicted molar refractivity (Wildman–Crippen MR) is 44.3 cm³/mol. The van der Waals surface area contributed by atoms with Crippen LogP contribution in [0.15, 0.2) is 23.3 Å². The molecule has 0 aliphatic heterocycles. The molecule has 0 atom stereocenters. The molecule has 0 aliphatic carbocycles. The molecular formula is C7H7ClN2O. The Morgan fingerprint density at radius 3 is 3.00 bits per heavy atom. The second-order valence-corrected chi connectivity index (χ2v) is 2.19. The Kier molecular flexibility index (Phi) is 2.86. The van der Waals surface area contributed by atoms with E-state index in [1.54, 1.807) is 19.2 Å². The van der Waals surface area contributed by atoms with Crippen molar-refractivity contribution in [3.8, 4) is 5.75 Å². The van der Waals surface area contributed by atoms with E-state index in [9.17, 15) is 0 Å². The first-order valence-electron chi connectivity index (χ1n) is 3.02. The van der Waals surface area contributed by atoms with Crippen molar-refractivity contribution < 1.29 is 4.74 Å². The topological polar surface area (TPSA) is 34.5 Å². The lowest BCUT2D eigenvalue weighted by molar-refractivity contribution is 0.570. The molecule has 4 heteroatoms. The molecule has 0 spiro atoms. The summed E-state index contributed by atoms with van der Waals surface area (Å²) in [5, 5.41) is 0.450. The summed E-state index contributed by atoms with van der Waals surface area (Å²) in [6.45, 7) is 0. The minimum absolute atomic E-state index is 0.450. The average Bonchev–Trinajstić information content (AvgIpc) is 2.04. The Labute approximate surface area is 69.7 Å². The summed E-state index contributed by atoms with van der Waals surface area (Å²) >= 11 is 5.55. The van der Waals surface area contributed by atoms with Crippen molar-refractivity contribution in [2.24, 2.45) is 4.99 Å². The SMILES string of the molecule is CN=COc1ccc(Cl)nc1. The molecule has 0 aromatic carbocycles. The number of ether oxygens (including phenoxy) is 1. The van der Waals surface area contributed by atoms with Crippen LogP contribution in [-0.4, -0.2) is 18.4 Å². The van der Waals surface area contributed by atoms with Crippen molar-refractivity contribution in [2.45, 2.75) is 0 Å². The first-order valence-corrected chi connectivity index (χ1v) is 3.39. The summed E-state index contributed by atoms with van der Waals surface area (Å²) in [5.41, 5.74) is 0. The maximum atomic E-state index is 5.55. The van der Waals surface area contributed by atoms with Gasteiger partial charge in [0.15, 0.2) is 6.40 Å². The molecule has 0 saturated carbocycles. The van der Waals surface area contributed by atoms with Crippen LogP contribution in [0.3, 0.4) is 0 Å². The molecule has 0 aliphatic rings. The van der Waals surface area contributed by atoms with Crippen LogP contribution in [0, 0.1) is 0 Å². The third-order valence-corrected chi connectivity index (χ3v) is 1.22. The molecule has 0 N–H and O–H groups in total. The second kappa shape index (κ2) is 3.93. The summed E-state index contributed by atoms with van der Waals surface area (Å²) in [4.78, 5) is 7.46. The highest BCUT2D eigenvalue weighted by atomic mass is 35.5. The third kappa shape index (κ3) is 2.55. The van der Waals surface area contributed by atoms with E-state index >= 15 is 0 Å². The lowest BCUT2D eigenvalue weighted by Crippen LogP contribution is -1.89. The Morgan fingerprint density at radius 2 is 2.45 bits per heavy atom. The Balaban J connectivity index is 2.66. The summed E-state index contributed by atoms with van der Waals surface area (Å²) < 4.78 is 5.00. The zero-order chi connectivity index (χ0) is 8.10. The van der Waals surface area contributed by atoms with E-state index in [1.165, 1.54) is 12.6 Å². The average molecular weight is 171 g/mol. The van der Waals surface area contributed by atoms with Gasteiger partial charge in [-0.15, -0.1) is 0 Å². The van der Waals surface area contributed by atoms with E-state index in [-0.39, 0.29) is 0 Å². The second-order valence-electron chi connectivity index (χ2n) is 1.80. The molecule has 1 aromatic rings. The van der Waals surface area contributed by atoms with Gasteiger partial charge in [-0.25, -0.2) is 4.98 Å². The largest absolute Gasteiger partial charge is 0.445 e. The Bertz CT molecular complexity index is 245. The van der Waals surface area contributed by atoms with Crippen LogP contribution in [-0.2, 0) is 0 Å². The van der Waals surface area contributed by atoms with Crippen LogP contribution < -0.4 is 4.74 Å². The lowest BCUT2D eigenvalue weighted by atomic mass is 10.5. The number of aliphatic imine (C=N–C) groups is 1. The van der Waals surface area contributed by atoms with Crippen molar-refractivity contribution >= 4 is 18.0 Å². The third-order valence-electron chi connectivity index (χ3n) is 0.994. The van der Waals surface area contributed by atoms with Gasteiger partial charge >= 0.3 is 0 Å². The maximum absolute atomic E-state index is 5.55. The van der Waals surface area contributed by atoms with Crippen molar-refractivity contribution in [1.82, 2.24) is 4.98 Å². The molecule has 11 heavy (non-hydrogen) atoms. The Morgan fingerprint density at radius 1 is 1.64 bits per heavy atom. The summed E-state index contributed by atoms with van der Waals surface area (Å²) in [5.74, 6) is 0.625. The van der Waals surface area contributed by atoms with Gasteiger partial charge in [-0.3, -0.25) is 4.99 Å². The fourth-order valence-corrected chi connectivity index (χ4v) is 0.657. The molecule has 0 saturated heterocycles. The van der Waals surface area contributed by atoms with E-state index in [1.807, 2.05) is 0 Å². The molecule has 0 radical (unpaired) electrons. The summed E-state index contributed by atoms with van der Waals surface area (Å²) in [6.07, 6.45) is 2.87. The molecule has 58 valence electrons. The predicted octanol–water partition coefficient (Wildman–Crippen LogP) is 1.77. The fourth-order valence-electron chi connectivity index (χ4n) is 0.546. The van der Waals surface area contributed by atoms with E-state index in [2.05, 4.69) is 9.98 Å². The zero-order valence-corrected chi connectivity index (χ0v) is 6.75. The summed E-state index contributed by atoms with van der Waals surface area (Å²) in [7, 11) is 1.63. The van der Waals surface area contributed by atoms with Crippen molar-refractivity contribution in [3.05, 3.63) is 23.5 Å². The van der Waals surface area contributed by atoms with Crippen LogP contribution in [0.25, 0.3) is 0 Å². The fraction of sp³-hybridized carbons (Fsp3) is 0.143. The highest BCUT2D eigenvalue weighted by molar-refractivity contribution is 6.29. The molecular weight excluding hydrogens is 164 g/mol. The smallest absolute Gasteiger partial charge is 0.176 e. The number of pyridine rings is 1. The van der Waals surface area contributed by atoms with Gasteiger partial charge in [0.25, 0.3) is 0 Å². The zero-order valence-electron chi connectivity index (χ0n) is 5.99. The van der Waals surface area contributed by atoms with Gasteiger partial charge in [0.1, 0.15) is 10.9 Å². The number of hydrogen-bond acceptors (Lipinski definition) is 3. The van der Waals surface area contributed by atoms with Crippen LogP contribution in [0.1, 0.15) is 0 Å². The van der Waals surface area contributed by atoms with E-state index in [0.717, 1.165) is 0 Å². The van der Waals surface area contributed by atoms with Gasteiger partial charge in [0.2, 0.25) is 0 Å². The highest BCUT2D eigenvalue weighted by Gasteiger charge is 1.90. The molecule has 0 unspecified atom stereocenters. The highest BCUT2D eigenvalue weighted by Crippen LogP contribution is 2.10. The van der Waals surface area contributed by atoms with Crippen molar-refractivity contribution in [2.75, 3.05) is 7.05 Å². The molecule has 1 heterocycles. The van der Waals surface area contributed by atoms with E-state index < -0.39 is 0 Å². The monoisotopic (exact) mass is 170 g/mol.